The predicted octanol–water partition coefficient (Wildman–Crippen LogP) is -4.33. The Morgan fingerprint density at radius 1 is 0.739 bits per heavy atom. The van der Waals surface area contributed by atoms with Crippen LogP contribution in [-0.4, -0.2) is 110 Å². The molecule has 0 bridgehead atoms. The van der Waals surface area contributed by atoms with Gasteiger partial charge >= 0.3 is 0 Å². The molecular weight excluding hydrogens is 316 g/mol. The molecule has 10 nitrogen and oxygen atoms in total. The van der Waals surface area contributed by atoms with Gasteiger partial charge in [0.15, 0.2) is 6.29 Å². The van der Waals surface area contributed by atoms with Gasteiger partial charge in [-0.05, 0) is 6.92 Å². The van der Waals surface area contributed by atoms with Gasteiger partial charge in [-0.25, -0.2) is 0 Å². The summed E-state index contributed by atoms with van der Waals surface area (Å²) in [6, 6.07) is 0. The fourth-order valence-electron chi connectivity index (χ4n) is 2.78. The van der Waals surface area contributed by atoms with E-state index in [0.717, 1.165) is 0 Å². The smallest absolute Gasteiger partial charge is 0.187 e. The first-order chi connectivity index (χ1) is 10.8. The van der Waals surface area contributed by atoms with Gasteiger partial charge in [0.2, 0.25) is 0 Å². The maximum atomic E-state index is 10.1. The molecule has 2 saturated heterocycles. The van der Waals surface area contributed by atoms with Crippen molar-refractivity contribution in [3.05, 3.63) is 0 Å². The van der Waals surface area contributed by atoms with Crippen molar-refractivity contribution >= 4 is 0 Å². The van der Waals surface area contributed by atoms with E-state index in [1.54, 1.807) is 0 Å². The van der Waals surface area contributed by atoms with Crippen molar-refractivity contribution in [1.29, 1.82) is 0 Å². The normalized spacial score (nSPS) is 51.7. The van der Waals surface area contributed by atoms with E-state index < -0.39 is 74.4 Å². The summed E-state index contributed by atoms with van der Waals surface area (Å²) < 4.78 is 15.9. The van der Waals surface area contributed by atoms with Crippen LogP contribution in [0.2, 0.25) is 0 Å². The summed E-state index contributed by atoms with van der Waals surface area (Å²) in [5, 5.41) is 67.8. The lowest BCUT2D eigenvalue weighted by atomic mass is 9.95. The summed E-state index contributed by atoms with van der Waals surface area (Å²) >= 11 is 0. The molecule has 0 saturated carbocycles. The van der Waals surface area contributed by atoms with Gasteiger partial charge in [-0.2, -0.15) is 0 Å². The van der Waals surface area contributed by atoms with Crippen molar-refractivity contribution in [3.8, 4) is 0 Å². The first-order valence-corrected chi connectivity index (χ1v) is 7.40. The largest absolute Gasteiger partial charge is 0.394 e. The van der Waals surface area contributed by atoms with E-state index in [4.69, 9.17) is 19.3 Å². The number of ether oxygens (including phenoxy) is 3. The topological polar surface area (TPSA) is 169 Å². The van der Waals surface area contributed by atoms with Crippen molar-refractivity contribution in [2.75, 3.05) is 13.2 Å². The maximum Gasteiger partial charge on any atom is 0.187 e. The Kier molecular flexibility index (Phi) is 6.30. The third-order valence-corrected chi connectivity index (χ3v) is 4.24. The SMILES string of the molecule is CC1OC(CO)[C@@H](O[C@H]2OC(CO)[C@@H](O)C(O)C2O)C(O)C1O. The average molecular weight is 340 g/mol. The summed E-state index contributed by atoms with van der Waals surface area (Å²) in [5.74, 6) is 0. The van der Waals surface area contributed by atoms with Gasteiger partial charge in [0, 0.05) is 0 Å². The van der Waals surface area contributed by atoms with Gasteiger partial charge < -0.3 is 50.0 Å². The summed E-state index contributed by atoms with van der Waals surface area (Å²) in [4.78, 5) is 0. The summed E-state index contributed by atoms with van der Waals surface area (Å²) in [5.41, 5.74) is 0. The second kappa shape index (κ2) is 7.66. The van der Waals surface area contributed by atoms with E-state index in [-0.39, 0.29) is 0 Å². The Morgan fingerprint density at radius 3 is 1.91 bits per heavy atom. The number of rotatable bonds is 4. The maximum absolute atomic E-state index is 10.1. The van der Waals surface area contributed by atoms with Gasteiger partial charge in [0.25, 0.3) is 0 Å². The zero-order valence-corrected chi connectivity index (χ0v) is 12.5. The molecule has 136 valence electrons. The molecular formula is C13H24O10. The molecule has 10 atom stereocenters. The Bertz CT molecular complexity index is 378. The quantitative estimate of drug-likeness (QED) is 0.265. The van der Waals surface area contributed by atoms with Crippen molar-refractivity contribution in [2.45, 2.75) is 68.1 Å². The fraction of sp³-hybridized carbons (Fsp3) is 1.00. The van der Waals surface area contributed by atoms with Crippen LogP contribution in [0.15, 0.2) is 0 Å². The third kappa shape index (κ3) is 3.66. The number of hydrogen-bond donors (Lipinski definition) is 7. The molecule has 0 spiro atoms. The number of hydrogen-bond acceptors (Lipinski definition) is 10. The van der Waals surface area contributed by atoms with Gasteiger partial charge in [0.1, 0.15) is 48.8 Å². The summed E-state index contributed by atoms with van der Waals surface area (Å²) in [6.07, 6.45) is -13.2. The highest BCUT2D eigenvalue weighted by Crippen LogP contribution is 2.28. The highest BCUT2D eigenvalue weighted by atomic mass is 16.7. The lowest BCUT2D eigenvalue weighted by Crippen LogP contribution is -2.64. The number of aliphatic hydroxyl groups excluding tert-OH is 7. The molecule has 2 heterocycles. The molecule has 0 radical (unpaired) electrons. The molecule has 7 N–H and O–H groups in total. The van der Waals surface area contributed by atoms with Crippen molar-refractivity contribution in [1.82, 2.24) is 0 Å². The minimum atomic E-state index is -1.66. The second-order valence-electron chi connectivity index (χ2n) is 5.84. The Hall–Kier alpha value is -0.400. The molecule has 0 aromatic carbocycles. The van der Waals surface area contributed by atoms with E-state index in [2.05, 4.69) is 0 Å². The molecule has 7 unspecified atom stereocenters. The van der Waals surface area contributed by atoms with E-state index >= 15 is 0 Å². The van der Waals surface area contributed by atoms with Gasteiger partial charge in [-0.1, -0.05) is 0 Å². The molecule has 10 heteroatoms. The lowest BCUT2D eigenvalue weighted by Gasteiger charge is -2.45. The average Bonchev–Trinajstić information content (AvgIpc) is 2.55. The standard InChI is InChI=1S/C13H24O10/c1-4-7(16)10(19)12(6(3-15)21-4)23-13-11(20)9(18)8(17)5(2-14)22-13/h4-20H,2-3H2,1H3/t4?,5?,6?,7?,8-,9?,10?,11?,12-,13-/m1/s1. The van der Waals surface area contributed by atoms with Gasteiger partial charge in [-0.15, -0.1) is 0 Å². The molecule has 23 heavy (non-hydrogen) atoms. The van der Waals surface area contributed by atoms with Crippen LogP contribution in [0.5, 0.6) is 0 Å². The zero-order chi connectivity index (χ0) is 17.3. The van der Waals surface area contributed by atoms with Gasteiger partial charge in [0.05, 0.1) is 19.3 Å². The van der Waals surface area contributed by atoms with E-state index in [0.29, 0.717) is 0 Å². The summed E-state index contributed by atoms with van der Waals surface area (Å²) in [7, 11) is 0. The van der Waals surface area contributed by atoms with Crippen LogP contribution in [0, 0.1) is 0 Å². The Morgan fingerprint density at radius 2 is 1.35 bits per heavy atom. The highest BCUT2D eigenvalue weighted by molar-refractivity contribution is 4.94. The third-order valence-electron chi connectivity index (χ3n) is 4.24. The van der Waals surface area contributed by atoms with Crippen LogP contribution in [-0.2, 0) is 14.2 Å². The van der Waals surface area contributed by atoms with E-state index in [9.17, 15) is 30.6 Å². The minimum absolute atomic E-state index is 0.518. The molecule has 0 aliphatic carbocycles. The highest BCUT2D eigenvalue weighted by Gasteiger charge is 2.49. The molecule has 2 aliphatic rings. The van der Waals surface area contributed by atoms with Crippen LogP contribution in [0.1, 0.15) is 6.92 Å². The van der Waals surface area contributed by atoms with Crippen molar-refractivity contribution in [2.24, 2.45) is 0 Å². The fourth-order valence-corrected chi connectivity index (χ4v) is 2.78. The van der Waals surface area contributed by atoms with E-state index in [1.807, 2.05) is 0 Å². The molecule has 2 fully saturated rings. The van der Waals surface area contributed by atoms with Crippen LogP contribution < -0.4 is 0 Å². The zero-order valence-electron chi connectivity index (χ0n) is 12.5. The van der Waals surface area contributed by atoms with Crippen LogP contribution >= 0.6 is 0 Å². The Labute approximate surface area is 132 Å². The van der Waals surface area contributed by atoms with E-state index in [1.165, 1.54) is 6.92 Å². The van der Waals surface area contributed by atoms with Crippen LogP contribution in [0.4, 0.5) is 0 Å². The molecule has 0 aromatic rings. The van der Waals surface area contributed by atoms with Crippen molar-refractivity contribution < 1.29 is 50.0 Å². The second-order valence-corrected chi connectivity index (χ2v) is 5.84. The first kappa shape index (κ1) is 18.9. The molecule has 2 aliphatic heterocycles. The molecule has 0 aromatic heterocycles. The molecule has 0 amide bonds. The lowest BCUT2D eigenvalue weighted by molar-refractivity contribution is -0.341. The predicted molar refractivity (Wildman–Crippen MR) is 72.1 cm³/mol. The monoisotopic (exact) mass is 340 g/mol. The number of aliphatic hydroxyl groups is 7. The van der Waals surface area contributed by atoms with Gasteiger partial charge in [-0.3, -0.25) is 0 Å². The summed E-state index contributed by atoms with van der Waals surface area (Å²) in [6.45, 7) is 0.369. The molecule has 2 rings (SSSR count). The van der Waals surface area contributed by atoms with Crippen molar-refractivity contribution in [3.63, 3.8) is 0 Å². The Balaban J connectivity index is 2.11. The first-order valence-electron chi connectivity index (χ1n) is 7.40. The van der Waals surface area contributed by atoms with Crippen LogP contribution in [0.3, 0.4) is 0 Å². The van der Waals surface area contributed by atoms with Crippen LogP contribution in [0.25, 0.3) is 0 Å². The minimum Gasteiger partial charge on any atom is -0.394 e.